The summed E-state index contributed by atoms with van der Waals surface area (Å²) < 4.78 is 1.86. The van der Waals surface area contributed by atoms with Gasteiger partial charge in [-0.25, -0.2) is 4.79 Å². The number of carbonyl (C=O) groups is 1. The summed E-state index contributed by atoms with van der Waals surface area (Å²) in [4.78, 5) is 14.6. The van der Waals surface area contributed by atoms with E-state index in [1.54, 1.807) is 4.90 Å². The first-order chi connectivity index (χ1) is 13.4. The molecule has 1 atom stereocenters. The Morgan fingerprint density at radius 2 is 1.54 bits per heavy atom. The Hall–Kier alpha value is -2.15. The Bertz CT molecular complexity index is 944. The molecule has 0 bridgehead atoms. The van der Waals surface area contributed by atoms with Gasteiger partial charge in [-0.15, -0.1) is 0 Å². The van der Waals surface area contributed by atoms with Gasteiger partial charge in [0.1, 0.15) is 0 Å². The standard InChI is InChI=1S/C22H20Br2N2O2/c1-15-4-2-3-5-20(15)21(27)14-26(19-12-8-17(24)9-13-19)22(28)25-18-10-6-16(23)7-11-18/h2-13,21,27H,14H2,1H3,(H,25,28). The highest BCUT2D eigenvalue weighted by atomic mass is 79.9. The lowest BCUT2D eigenvalue weighted by Gasteiger charge is -2.26. The lowest BCUT2D eigenvalue weighted by atomic mass is 10.0. The molecule has 0 heterocycles. The average molecular weight is 504 g/mol. The molecule has 0 aromatic heterocycles. The highest BCUT2D eigenvalue weighted by Crippen LogP contribution is 2.25. The SMILES string of the molecule is Cc1ccccc1C(O)CN(C(=O)Nc1ccc(Br)cc1)c1ccc(Br)cc1. The third-order valence-electron chi connectivity index (χ3n) is 4.38. The molecule has 2 N–H and O–H groups in total. The second-order valence-corrected chi connectivity index (χ2v) is 8.23. The van der Waals surface area contributed by atoms with Gasteiger partial charge in [0.25, 0.3) is 0 Å². The molecule has 0 aliphatic rings. The lowest BCUT2D eigenvalue weighted by Crippen LogP contribution is -2.38. The third kappa shape index (κ3) is 5.22. The minimum atomic E-state index is -0.805. The van der Waals surface area contributed by atoms with Gasteiger partial charge in [-0.2, -0.15) is 0 Å². The Kier molecular flexibility index (Phi) is 6.88. The zero-order valence-electron chi connectivity index (χ0n) is 15.3. The first kappa shape index (κ1) is 20.6. The summed E-state index contributed by atoms with van der Waals surface area (Å²) in [6.45, 7) is 2.08. The summed E-state index contributed by atoms with van der Waals surface area (Å²) in [5.41, 5.74) is 3.17. The lowest BCUT2D eigenvalue weighted by molar-refractivity contribution is 0.182. The van der Waals surface area contributed by atoms with Gasteiger partial charge in [0.05, 0.1) is 12.6 Å². The molecular weight excluding hydrogens is 484 g/mol. The van der Waals surface area contributed by atoms with E-state index in [0.717, 1.165) is 20.1 Å². The smallest absolute Gasteiger partial charge is 0.326 e. The summed E-state index contributed by atoms with van der Waals surface area (Å²) in [6, 6.07) is 22.1. The molecule has 0 fully saturated rings. The van der Waals surface area contributed by atoms with E-state index >= 15 is 0 Å². The molecule has 0 spiro atoms. The van der Waals surface area contributed by atoms with Crippen molar-refractivity contribution >= 4 is 49.3 Å². The topological polar surface area (TPSA) is 52.6 Å². The molecule has 3 aromatic carbocycles. The van der Waals surface area contributed by atoms with Crippen molar-refractivity contribution in [2.75, 3.05) is 16.8 Å². The Balaban J connectivity index is 1.86. The van der Waals surface area contributed by atoms with Crippen molar-refractivity contribution in [3.63, 3.8) is 0 Å². The van der Waals surface area contributed by atoms with Gasteiger partial charge >= 0.3 is 6.03 Å². The van der Waals surface area contributed by atoms with Crippen molar-refractivity contribution < 1.29 is 9.90 Å². The molecule has 0 aliphatic heterocycles. The van der Waals surface area contributed by atoms with Gasteiger partial charge < -0.3 is 10.4 Å². The molecule has 4 nitrogen and oxygen atoms in total. The van der Waals surface area contributed by atoms with Crippen LogP contribution in [0.1, 0.15) is 17.2 Å². The second-order valence-electron chi connectivity index (χ2n) is 6.40. The van der Waals surface area contributed by atoms with Crippen LogP contribution in [0.4, 0.5) is 16.2 Å². The van der Waals surface area contributed by atoms with Crippen molar-refractivity contribution in [1.82, 2.24) is 0 Å². The number of aliphatic hydroxyl groups is 1. The number of rotatable bonds is 5. The van der Waals surface area contributed by atoms with E-state index in [4.69, 9.17) is 0 Å². The van der Waals surface area contributed by atoms with Crippen molar-refractivity contribution in [1.29, 1.82) is 0 Å². The van der Waals surface area contributed by atoms with Crippen LogP contribution in [0, 0.1) is 6.92 Å². The van der Waals surface area contributed by atoms with Gasteiger partial charge in [-0.3, -0.25) is 4.90 Å². The number of benzene rings is 3. The molecule has 3 rings (SSSR count). The van der Waals surface area contributed by atoms with E-state index < -0.39 is 6.10 Å². The first-order valence-corrected chi connectivity index (χ1v) is 10.4. The minimum Gasteiger partial charge on any atom is -0.387 e. The summed E-state index contributed by atoms with van der Waals surface area (Å²) in [7, 11) is 0. The minimum absolute atomic E-state index is 0.134. The van der Waals surface area contributed by atoms with E-state index in [1.165, 1.54) is 0 Å². The Morgan fingerprint density at radius 1 is 0.964 bits per heavy atom. The van der Waals surface area contributed by atoms with Gasteiger partial charge in [0.15, 0.2) is 0 Å². The van der Waals surface area contributed by atoms with Crippen LogP contribution < -0.4 is 10.2 Å². The molecule has 0 saturated heterocycles. The number of aliphatic hydroxyl groups excluding tert-OH is 1. The van der Waals surface area contributed by atoms with E-state index in [9.17, 15) is 9.90 Å². The zero-order valence-corrected chi connectivity index (χ0v) is 18.4. The fourth-order valence-corrected chi connectivity index (χ4v) is 3.41. The quantitative estimate of drug-likeness (QED) is 0.429. The molecule has 0 aliphatic carbocycles. The normalized spacial score (nSPS) is 11.7. The van der Waals surface area contributed by atoms with Gasteiger partial charge in [0.2, 0.25) is 0 Å². The van der Waals surface area contributed by atoms with Gasteiger partial charge in [-0.1, -0.05) is 56.1 Å². The van der Waals surface area contributed by atoms with Crippen LogP contribution >= 0.6 is 31.9 Å². The zero-order chi connectivity index (χ0) is 20.1. The van der Waals surface area contributed by atoms with Crippen LogP contribution in [0.25, 0.3) is 0 Å². The fourth-order valence-electron chi connectivity index (χ4n) is 2.88. The van der Waals surface area contributed by atoms with Crippen molar-refractivity contribution in [3.8, 4) is 0 Å². The van der Waals surface area contributed by atoms with Crippen molar-refractivity contribution in [2.45, 2.75) is 13.0 Å². The maximum atomic E-state index is 13.0. The van der Waals surface area contributed by atoms with Gasteiger partial charge in [0, 0.05) is 20.3 Å². The molecule has 144 valence electrons. The Morgan fingerprint density at radius 3 is 2.14 bits per heavy atom. The molecule has 2 amide bonds. The number of anilines is 2. The van der Waals surface area contributed by atoms with Crippen LogP contribution in [0.15, 0.2) is 81.7 Å². The summed E-state index contributed by atoms with van der Waals surface area (Å²) >= 11 is 6.81. The summed E-state index contributed by atoms with van der Waals surface area (Å²) in [6.07, 6.45) is -0.805. The summed E-state index contributed by atoms with van der Waals surface area (Å²) in [5.74, 6) is 0. The molecule has 6 heteroatoms. The number of nitrogens with one attached hydrogen (secondary N) is 1. The van der Waals surface area contributed by atoms with Crippen molar-refractivity contribution in [2.24, 2.45) is 0 Å². The molecule has 0 saturated carbocycles. The average Bonchev–Trinajstić information content (AvgIpc) is 2.69. The highest BCUT2D eigenvalue weighted by Gasteiger charge is 2.21. The maximum Gasteiger partial charge on any atom is 0.326 e. The predicted octanol–water partition coefficient (Wildman–Crippen LogP) is 6.29. The number of hydrogen-bond donors (Lipinski definition) is 2. The maximum absolute atomic E-state index is 13.0. The van der Waals surface area contributed by atoms with E-state index in [0.29, 0.717) is 11.4 Å². The Labute approximate surface area is 181 Å². The van der Waals surface area contributed by atoms with E-state index in [-0.39, 0.29) is 12.6 Å². The molecule has 28 heavy (non-hydrogen) atoms. The number of aryl methyl sites for hydroxylation is 1. The molecular formula is C22H20Br2N2O2. The van der Waals surface area contributed by atoms with E-state index in [1.807, 2.05) is 79.7 Å². The second kappa shape index (κ2) is 9.37. The fraction of sp³-hybridized carbons (Fsp3) is 0.136. The molecule has 0 radical (unpaired) electrons. The van der Waals surface area contributed by atoms with Crippen LogP contribution in [-0.2, 0) is 0 Å². The largest absolute Gasteiger partial charge is 0.387 e. The van der Waals surface area contributed by atoms with Crippen LogP contribution in [0.2, 0.25) is 0 Å². The summed E-state index contributed by atoms with van der Waals surface area (Å²) in [5, 5.41) is 13.7. The number of halogens is 2. The highest BCUT2D eigenvalue weighted by molar-refractivity contribution is 9.10. The van der Waals surface area contributed by atoms with Gasteiger partial charge in [-0.05, 0) is 66.6 Å². The third-order valence-corrected chi connectivity index (χ3v) is 5.44. The molecule has 1 unspecified atom stereocenters. The number of urea groups is 1. The van der Waals surface area contributed by atoms with Crippen molar-refractivity contribution in [3.05, 3.63) is 92.9 Å². The van der Waals surface area contributed by atoms with Crippen LogP contribution in [0.5, 0.6) is 0 Å². The number of amides is 2. The number of carbonyl (C=O) groups excluding carboxylic acids is 1. The number of nitrogens with zero attached hydrogens (tertiary/aromatic N) is 1. The first-order valence-electron chi connectivity index (χ1n) is 8.77. The van der Waals surface area contributed by atoms with Crippen LogP contribution in [0.3, 0.4) is 0 Å². The van der Waals surface area contributed by atoms with Crippen LogP contribution in [-0.4, -0.2) is 17.7 Å². The predicted molar refractivity (Wildman–Crippen MR) is 121 cm³/mol. The monoisotopic (exact) mass is 502 g/mol. The van der Waals surface area contributed by atoms with E-state index in [2.05, 4.69) is 37.2 Å². The number of hydrogen-bond acceptors (Lipinski definition) is 2. The molecule has 3 aromatic rings.